The first-order chi connectivity index (χ1) is 15.3. The van der Waals surface area contributed by atoms with Crippen LogP contribution in [0, 0.1) is 5.41 Å². The highest BCUT2D eigenvalue weighted by molar-refractivity contribution is 9.10. The van der Waals surface area contributed by atoms with Gasteiger partial charge in [0.2, 0.25) is 0 Å². The van der Waals surface area contributed by atoms with Gasteiger partial charge in [-0.3, -0.25) is 0 Å². The number of ether oxygens (including phenoxy) is 2. The molecule has 4 rings (SSSR count). The molecule has 5 nitrogen and oxygen atoms in total. The van der Waals surface area contributed by atoms with Gasteiger partial charge in [-0.05, 0) is 29.8 Å². The van der Waals surface area contributed by atoms with E-state index in [9.17, 15) is 4.57 Å². The van der Waals surface area contributed by atoms with E-state index in [0.29, 0.717) is 24.7 Å². The summed E-state index contributed by atoms with van der Waals surface area (Å²) in [6, 6.07) is 25.7. The Kier molecular flexibility index (Phi) is 7.06. The van der Waals surface area contributed by atoms with Crippen LogP contribution in [0.2, 0.25) is 0 Å². The van der Waals surface area contributed by atoms with Gasteiger partial charge in [0.1, 0.15) is 11.5 Å². The van der Waals surface area contributed by atoms with E-state index in [1.807, 2.05) is 60.7 Å². The Balaban J connectivity index is 1.56. The van der Waals surface area contributed by atoms with E-state index in [1.54, 1.807) is 24.3 Å². The molecule has 1 unspecified atom stereocenters. The molecule has 0 amide bonds. The number of rotatable bonds is 7. The van der Waals surface area contributed by atoms with Crippen molar-refractivity contribution in [2.24, 2.45) is 5.41 Å². The number of benzene rings is 3. The topological polar surface area (TPSA) is 54.0 Å². The predicted molar refractivity (Wildman–Crippen MR) is 128 cm³/mol. The van der Waals surface area contributed by atoms with Gasteiger partial charge in [0.05, 0.1) is 13.2 Å². The Bertz CT molecular complexity index is 1000. The highest BCUT2D eigenvalue weighted by atomic mass is 79.9. The first-order valence-electron chi connectivity index (χ1n) is 10.4. The average Bonchev–Trinajstić information content (AvgIpc) is 2.80. The monoisotopic (exact) mass is 516 g/mol. The minimum atomic E-state index is -3.69. The predicted octanol–water partition coefficient (Wildman–Crippen LogP) is 7.50. The number of hydrogen-bond donors (Lipinski definition) is 0. The number of hydrogen-bond acceptors (Lipinski definition) is 5. The molecule has 168 valence electrons. The van der Waals surface area contributed by atoms with Crippen LogP contribution < -0.4 is 9.05 Å². The summed E-state index contributed by atoms with van der Waals surface area (Å²) in [7, 11) is -3.69. The van der Waals surface area contributed by atoms with E-state index in [1.165, 1.54) is 0 Å². The molecule has 32 heavy (non-hydrogen) atoms. The second kappa shape index (κ2) is 9.80. The van der Waals surface area contributed by atoms with E-state index in [4.69, 9.17) is 18.5 Å². The zero-order valence-corrected chi connectivity index (χ0v) is 20.5. The van der Waals surface area contributed by atoms with Crippen molar-refractivity contribution in [2.75, 3.05) is 13.2 Å². The minimum Gasteiger partial charge on any atom is -0.415 e. The first kappa shape index (κ1) is 23.1. The van der Waals surface area contributed by atoms with Crippen molar-refractivity contribution in [1.82, 2.24) is 0 Å². The van der Waals surface area contributed by atoms with Gasteiger partial charge in [0.25, 0.3) is 0 Å². The largest absolute Gasteiger partial charge is 0.448 e. The Morgan fingerprint density at radius 3 is 1.78 bits per heavy atom. The first-order valence-corrected chi connectivity index (χ1v) is 12.9. The van der Waals surface area contributed by atoms with Gasteiger partial charge < -0.3 is 18.5 Å². The highest BCUT2D eigenvalue weighted by Gasteiger charge is 2.39. The summed E-state index contributed by atoms with van der Waals surface area (Å²) in [6.07, 6.45) is -0.404. The second-order valence-electron chi connectivity index (χ2n) is 8.47. The third-order valence-corrected chi connectivity index (χ3v) is 8.78. The zero-order valence-electron chi connectivity index (χ0n) is 18.0. The number of alkyl halides is 1. The quantitative estimate of drug-likeness (QED) is 0.240. The molecular weight excluding hydrogens is 491 g/mol. The molecule has 7 heteroatoms. The minimum absolute atomic E-state index is 0.00753. The molecule has 1 heterocycles. The third kappa shape index (κ3) is 5.62. The third-order valence-electron chi connectivity index (χ3n) is 4.96. The standard InChI is InChI=1S/C25H26BrO5P/c1-25(2)17-28-24(29-18-25)20-15-13-19(14-16-20)23(26)32(27,30-21-9-5-3-6-10-21)31-22-11-7-4-8-12-22/h3-16,23-24H,17-18H2,1-2H3. The fraction of sp³-hybridized carbons (Fsp3) is 0.280. The van der Waals surface area contributed by atoms with E-state index in [0.717, 1.165) is 11.1 Å². The Morgan fingerprint density at radius 2 is 1.31 bits per heavy atom. The van der Waals surface area contributed by atoms with Crippen LogP contribution in [0.1, 0.15) is 35.8 Å². The molecule has 1 aliphatic heterocycles. The van der Waals surface area contributed by atoms with Gasteiger partial charge in [-0.1, -0.05) is 90.4 Å². The van der Waals surface area contributed by atoms with Crippen LogP contribution in [0.4, 0.5) is 0 Å². The van der Waals surface area contributed by atoms with Gasteiger partial charge in [-0.25, -0.2) is 4.57 Å². The van der Waals surface area contributed by atoms with Crippen LogP contribution in [0.5, 0.6) is 11.5 Å². The molecule has 1 fully saturated rings. The molecule has 0 aromatic heterocycles. The lowest BCUT2D eigenvalue weighted by Gasteiger charge is -2.34. The molecule has 0 spiro atoms. The Morgan fingerprint density at radius 1 is 0.844 bits per heavy atom. The van der Waals surface area contributed by atoms with E-state index >= 15 is 0 Å². The number of halogens is 1. The van der Waals surface area contributed by atoms with Crippen LogP contribution in [-0.4, -0.2) is 13.2 Å². The molecule has 1 atom stereocenters. The van der Waals surface area contributed by atoms with Gasteiger partial charge in [0.15, 0.2) is 10.9 Å². The fourth-order valence-corrected chi connectivity index (χ4v) is 5.64. The van der Waals surface area contributed by atoms with Gasteiger partial charge >= 0.3 is 7.60 Å². The molecule has 3 aromatic carbocycles. The maximum Gasteiger partial charge on any atom is 0.448 e. The van der Waals surface area contributed by atoms with Crippen LogP contribution >= 0.6 is 23.5 Å². The molecule has 0 N–H and O–H groups in total. The van der Waals surface area contributed by atoms with Crippen molar-refractivity contribution in [3.63, 3.8) is 0 Å². The summed E-state index contributed by atoms with van der Waals surface area (Å²) in [5.41, 5.74) is 1.68. The van der Waals surface area contributed by atoms with Gasteiger partial charge in [0, 0.05) is 11.0 Å². The number of para-hydroxylation sites is 2. The molecule has 0 saturated carbocycles. The van der Waals surface area contributed by atoms with Crippen molar-refractivity contribution in [1.29, 1.82) is 0 Å². The lowest BCUT2D eigenvalue weighted by atomic mass is 9.95. The average molecular weight is 517 g/mol. The summed E-state index contributed by atoms with van der Waals surface area (Å²) in [5, 5.41) is 0. The molecule has 1 aliphatic rings. The van der Waals surface area contributed by atoms with Gasteiger partial charge in [-0.15, -0.1) is 0 Å². The van der Waals surface area contributed by atoms with Crippen LogP contribution in [0.15, 0.2) is 84.9 Å². The lowest BCUT2D eigenvalue weighted by molar-refractivity contribution is -0.226. The van der Waals surface area contributed by atoms with Crippen molar-refractivity contribution >= 4 is 23.5 Å². The zero-order chi connectivity index (χ0) is 22.6. The van der Waals surface area contributed by atoms with Crippen LogP contribution in [0.25, 0.3) is 0 Å². The van der Waals surface area contributed by atoms with E-state index < -0.39 is 18.5 Å². The van der Waals surface area contributed by atoms with E-state index in [-0.39, 0.29) is 5.41 Å². The summed E-state index contributed by atoms with van der Waals surface area (Å²) in [5.74, 6) is 0.943. The maximum atomic E-state index is 14.0. The van der Waals surface area contributed by atoms with Crippen molar-refractivity contribution in [3.8, 4) is 11.5 Å². The smallest absolute Gasteiger partial charge is 0.415 e. The highest BCUT2D eigenvalue weighted by Crippen LogP contribution is 2.63. The fourth-order valence-electron chi connectivity index (χ4n) is 3.25. The van der Waals surface area contributed by atoms with E-state index in [2.05, 4.69) is 29.8 Å². The summed E-state index contributed by atoms with van der Waals surface area (Å²) < 4.78 is 36.9. The normalized spacial score (nSPS) is 17.5. The van der Waals surface area contributed by atoms with Gasteiger partial charge in [-0.2, -0.15) is 0 Å². The second-order valence-corrected chi connectivity index (χ2v) is 12.1. The summed E-state index contributed by atoms with van der Waals surface area (Å²) in [6.45, 7) is 5.48. The lowest BCUT2D eigenvalue weighted by Crippen LogP contribution is -2.33. The molecule has 1 saturated heterocycles. The molecule has 0 bridgehead atoms. The SMILES string of the molecule is CC1(C)COC(c2ccc(C(Br)P(=O)(Oc3ccccc3)Oc3ccccc3)cc2)OC1. The van der Waals surface area contributed by atoms with Crippen LogP contribution in [-0.2, 0) is 14.0 Å². The van der Waals surface area contributed by atoms with Crippen molar-refractivity contribution in [3.05, 3.63) is 96.1 Å². The summed E-state index contributed by atoms with van der Waals surface area (Å²) >= 11 is 3.58. The Labute approximate surface area is 197 Å². The summed E-state index contributed by atoms with van der Waals surface area (Å²) in [4.78, 5) is 0. The van der Waals surface area contributed by atoms with Crippen LogP contribution in [0.3, 0.4) is 0 Å². The molecule has 3 aromatic rings. The Hall–Kier alpha value is -2.11. The molecular formula is C25H26BrO5P. The van der Waals surface area contributed by atoms with Crippen molar-refractivity contribution in [2.45, 2.75) is 24.7 Å². The molecule has 0 radical (unpaired) electrons. The maximum absolute atomic E-state index is 14.0. The molecule has 0 aliphatic carbocycles. The van der Waals surface area contributed by atoms with Crippen molar-refractivity contribution < 1.29 is 23.1 Å².